The minimum atomic E-state index is -7.43. The molecule has 3 nitrogen and oxygen atoms in total. The van der Waals surface area contributed by atoms with Gasteiger partial charge in [0.2, 0.25) is 0 Å². The highest BCUT2D eigenvalue weighted by Gasteiger charge is 2.83. The van der Waals surface area contributed by atoms with Crippen LogP contribution in [0.3, 0.4) is 0 Å². The molecule has 2 aliphatic rings. The molecule has 1 aliphatic heterocycles. The van der Waals surface area contributed by atoms with Crippen molar-refractivity contribution in [1.82, 2.24) is 0 Å². The maximum atomic E-state index is 12.2. The van der Waals surface area contributed by atoms with Crippen molar-refractivity contribution in [3.05, 3.63) is 36.4 Å². The molecule has 1 saturated heterocycles. The second-order valence-corrected chi connectivity index (χ2v) is 14.0. The summed E-state index contributed by atoms with van der Waals surface area (Å²) in [5.74, 6) is -12.0. The first kappa shape index (κ1) is 31.2. The molecule has 0 atom stereocenters. The second kappa shape index (κ2) is 11.3. The Kier molecular flexibility index (Phi) is 9.26. The molecule has 0 bridgehead atoms. The summed E-state index contributed by atoms with van der Waals surface area (Å²) < 4.78 is 135. The zero-order chi connectivity index (χ0) is 28.6. The van der Waals surface area contributed by atoms with E-state index in [1.165, 1.54) is 65.7 Å². The molecular formula is C23H23F9O3S3. The van der Waals surface area contributed by atoms with E-state index in [2.05, 4.69) is 48.2 Å². The fraction of sp³-hybridized carbons (Fsp3) is 0.565. The Morgan fingerprint density at radius 1 is 0.763 bits per heavy atom. The molecule has 0 unspecified atom stereocenters. The Morgan fingerprint density at radius 3 is 1.82 bits per heavy atom. The van der Waals surface area contributed by atoms with Crippen LogP contribution < -0.4 is 0 Å². The molecule has 1 aliphatic carbocycles. The molecule has 2 aromatic carbocycles. The largest absolute Gasteiger partial charge is 0.743 e. The molecule has 2 fully saturated rings. The molecule has 2 aromatic rings. The SMILES string of the molecule is O=S(=O)([O-])C(F)(F)C(F)(F)C(F)(F)C(F)(F)F.c1cc2cc([S+]3CCCC3)ccc2cc1SC1CCCC1. The highest BCUT2D eigenvalue weighted by atomic mass is 32.2. The highest BCUT2D eigenvalue weighted by molar-refractivity contribution is 8.00. The third-order valence-corrected chi connectivity index (χ3v) is 10.9. The second-order valence-electron chi connectivity index (χ2n) is 8.92. The highest BCUT2D eigenvalue weighted by Crippen LogP contribution is 2.54. The number of rotatable bonds is 6. The van der Waals surface area contributed by atoms with E-state index in [4.69, 9.17) is 0 Å². The number of halogens is 9. The predicted octanol–water partition coefficient (Wildman–Crippen LogP) is 7.60. The maximum Gasteiger partial charge on any atom is 0.460 e. The van der Waals surface area contributed by atoms with E-state index in [0.29, 0.717) is 10.9 Å². The minimum absolute atomic E-state index is 0.539. The van der Waals surface area contributed by atoms with Crippen LogP contribution in [0, 0.1) is 0 Å². The molecule has 214 valence electrons. The molecule has 0 radical (unpaired) electrons. The predicted molar refractivity (Wildman–Crippen MR) is 127 cm³/mol. The Bertz CT molecular complexity index is 1220. The van der Waals surface area contributed by atoms with E-state index in [0.717, 1.165) is 5.25 Å². The third-order valence-electron chi connectivity index (χ3n) is 6.18. The van der Waals surface area contributed by atoms with Crippen LogP contribution in [0.15, 0.2) is 46.2 Å². The number of benzene rings is 2. The quantitative estimate of drug-likeness (QED) is 0.191. The van der Waals surface area contributed by atoms with Gasteiger partial charge in [0, 0.05) is 27.1 Å². The number of alkyl halides is 9. The van der Waals surface area contributed by atoms with Gasteiger partial charge in [-0.25, -0.2) is 8.42 Å². The van der Waals surface area contributed by atoms with Crippen LogP contribution in [0.4, 0.5) is 39.5 Å². The lowest BCUT2D eigenvalue weighted by Gasteiger charge is -2.34. The Balaban J connectivity index is 0.000000217. The third kappa shape index (κ3) is 6.35. The fourth-order valence-electron chi connectivity index (χ4n) is 4.06. The van der Waals surface area contributed by atoms with Crippen LogP contribution in [0.5, 0.6) is 0 Å². The van der Waals surface area contributed by atoms with Gasteiger partial charge < -0.3 is 4.55 Å². The van der Waals surface area contributed by atoms with Crippen molar-refractivity contribution in [3.8, 4) is 0 Å². The molecule has 0 aromatic heterocycles. The van der Waals surface area contributed by atoms with Crippen molar-refractivity contribution in [1.29, 1.82) is 0 Å². The van der Waals surface area contributed by atoms with Crippen LogP contribution in [-0.4, -0.2) is 53.0 Å². The van der Waals surface area contributed by atoms with Gasteiger partial charge in [-0.3, -0.25) is 0 Å². The standard InChI is InChI=1S/C19H23S2.C4HF9O3S/c1-2-6-17(5-1)20-18-9-7-16-14-19(10-8-15(16)13-18)21-11-3-4-12-21;5-1(6,3(9,10)11)2(7,8)4(12,13)17(14,15)16/h7-10,13-14,17H,1-6,11-12H2;(H,14,15,16)/q+1;/p-1. The molecule has 15 heteroatoms. The Hall–Kier alpha value is -1.32. The molecule has 4 rings (SSSR count). The topological polar surface area (TPSA) is 57.2 Å². The first-order valence-electron chi connectivity index (χ1n) is 11.4. The summed E-state index contributed by atoms with van der Waals surface area (Å²) >= 11 is 2.10. The van der Waals surface area contributed by atoms with E-state index in [1.54, 1.807) is 4.90 Å². The van der Waals surface area contributed by atoms with E-state index in [9.17, 15) is 52.5 Å². The van der Waals surface area contributed by atoms with Crippen molar-refractivity contribution in [2.24, 2.45) is 0 Å². The van der Waals surface area contributed by atoms with Crippen LogP contribution >= 0.6 is 11.8 Å². The average Bonchev–Trinajstić information content (AvgIpc) is 3.52. The normalized spacial score (nSPS) is 18.6. The van der Waals surface area contributed by atoms with Gasteiger partial charge in [-0.1, -0.05) is 18.9 Å². The first-order chi connectivity index (χ1) is 17.4. The molecule has 1 heterocycles. The van der Waals surface area contributed by atoms with Gasteiger partial charge in [0.1, 0.15) is 11.5 Å². The van der Waals surface area contributed by atoms with Crippen LogP contribution in [-0.2, 0) is 21.0 Å². The van der Waals surface area contributed by atoms with Crippen LogP contribution in [0.1, 0.15) is 38.5 Å². The summed E-state index contributed by atoms with van der Waals surface area (Å²) in [4.78, 5) is 3.06. The molecule has 38 heavy (non-hydrogen) atoms. The maximum absolute atomic E-state index is 12.2. The number of hydrogen-bond acceptors (Lipinski definition) is 4. The summed E-state index contributed by atoms with van der Waals surface area (Å²) in [6.07, 6.45) is 1.36. The van der Waals surface area contributed by atoms with Crippen molar-refractivity contribution in [2.45, 2.75) is 76.8 Å². The zero-order valence-electron chi connectivity index (χ0n) is 19.5. The summed E-state index contributed by atoms with van der Waals surface area (Å²) in [6.45, 7) is 0. The van der Waals surface area contributed by atoms with Crippen molar-refractivity contribution in [3.63, 3.8) is 0 Å². The van der Waals surface area contributed by atoms with Gasteiger partial charge in [0.25, 0.3) is 0 Å². The molecule has 0 spiro atoms. The summed E-state index contributed by atoms with van der Waals surface area (Å²) in [5, 5.41) is -3.40. The minimum Gasteiger partial charge on any atom is -0.743 e. The van der Waals surface area contributed by atoms with Crippen LogP contribution in [0.2, 0.25) is 0 Å². The van der Waals surface area contributed by atoms with Gasteiger partial charge in [0.15, 0.2) is 15.0 Å². The molecular weight excluding hydrogens is 591 g/mol. The zero-order valence-corrected chi connectivity index (χ0v) is 22.0. The molecule has 0 amide bonds. The molecule has 0 N–H and O–H groups in total. The lowest BCUT2D eigenvalue weighted by molar-refractivity contribution is -0.382. The van der Waals surface area contributed by atoms with Gasteiger partial charge in [-0.2, -0.15) is 39.5 Å². The summed E-state index contributed by atoms with van der Waals surface area (Å²) in [5.41, 5.74) is 0. The summed E-state index contributed by atoms with van der Waals surface area (Å²) in [7, 11) is -6.88. The van der Waals surface area contributed by atoms with E-state index in [1.807, 2.05) is 0 Å². The van der Waals surface area contributed by atoms with Crippen LogP contribution in [0.25, 0.3) is 10.8 Å². The van der Waals surface area contributed by atoms with Crippen molar-refractivity contribution in [2.75, 3.05) is 11.5 Å². The fourth-order valence-corrected chi connectivity index (χ4v) is 8.13. The number of thioether (sulfide) groups is 1. The lowest BCUT2D eigenvalue weighted by atomic mass is 10.1. The van der Waals surface area contributed by atoms with Gasteiger partial charge in [0.05, 0.1) is 0 Å². The van der Waals surface area contributed by atoms with Crippen molar-refractivity contribution >= 4 is 43.5 Å². The number of hydrogen-bond donors (Lipinski definition) is 0. The monoisotopic (exact) mass is 614 g/mol. The first-order valence-corrected chi connectivity index (χ1v) is 15.3. The van der Waals surface area contributed by atoms with Gasteiger partial charge in [-0.05, 0) is 60.7 Å². The van der Waals surface area contributed by atoms with Gasteiger partial charge in [-0.15, -0.1) is 11.8 Å². The lowest BCUT2D eigenvalue weighted by Crippen LogP contribution is -2.63. The van der Waals surface area contributed by atoms with E-state index >= 15 is 0 Å². The van der Waals surface area contributed by atoms with Gasteiger partial charge >= 0.3 is 23.3 Å². The van der Waals surface area contributed by atoms with Crippen molar-refractivity contribution < 1.29 is 52.5 Å². The van der Waals surface area contributed by atoms with E-state index in [-0.39, 0.29) is 0 Å². The smallest absolute Gasteiger partial charge is 0.460 e. The summed E-state index contributed by atoms with van der Waals surface area (Å²) in [6, 6.07) is 14.3. The number of fused-ring (bicyclic) bond motifs is 1. The Morgan fingerprint density at radius 2 is 1.29 bits per heavy atom. The van der Waals surface area contributed by atoms with E-state index < -0.39 is 33.4 Å². The molecule has 1 saturated carbocycles. The Labute approximate surface area is 220 Å². The average molecular weight is 615 g/mol.